The molecule has 2 amide bonds. The third-order valence-electron chi connectivity index (χ3n) is 4.41. The van der Waals surface area contributed by atoms with Gasteiger partial charge in [0.15, 0.2) is 0 Å². The summed E-state index contributed by atoms with van der Waals surface area (Å²) in [7, 11) is 0. The molecule has 0 aliphatic carbocycles. The van der Waals surface area contributed by atoms with Crippen molar-refractivity contribution in [2.45, 2.75) is 26.2 Å². The van der Waals surface area contributed by atoms with E-state index < -0.39 is 0 Å². The van der Waals surface area contributed by atoms with E-state index in [4.69, 9.17) is 0 Å². The minimum absolute atomic E-state index is 0.0218. The number of likely N-dealkylation sites (tertiary alicyclic amines) is 1. The number of rotatable bonds is 5. The van der Waals surface area contributed by atoms with Crippen LogP contribution in [0.4, 0.5) is 0 Å². The lowest BCUT2D eigenvalue weighted by Gasteiger charge is -2.15. The van der Waals surface area contributed by atoms with E-state index >= 15 is 0 Å². The van der Waals surface area contributed by atoms with Crippen molar-refractivity contribution >= 4 is 11.8 Å². The van der Waals surface area contributed by atoms with E-state index in [1.165, 1.54) is 10.5 Å². The zero-order chi connectivity index (χ0) is 16.2. The first-order valence-corrected chi connectivity index (χ1v) is 8.07. The van der Waals surface area contributed by atoms with Gasteiger partial charge in [-0.15, -0.1) is 0 Å². The molecule has 118 valence electrons. The summed E-state index contributed by atoms with van der Waals surface area (Å²) in [5.74, 6) is -0.268. The Kier molecular flexibility index (Phi) is 4.56. The van der Waals surface area contributed by atoms with Crippen molar-refractivity contribution in [3.63, 3.8) is 0 Å². The first kappa shape index (κ1) is 15.5. The van der Waals surface area contributed by atoms with Crippen molar-refractivity contribution in [2.24, 2.45) is 5.92 Å². The molecule has 23 heavy (non-hydrogen) atoms. The standard InChI is InChI=1S/C20H21NO2/c1-15-7-9-17(10-8-15)13-18-14-19(22)21(20(18)23)12-11-16-5-3-2-4-6-16/h2-10,18H,11-14H2,1H3/t18-/m1/s1. The fourth-order valence-corrected chi connectivity index (χ4v) is 3.04. The van der Waals surface area contributed by atoms with Crippen LogP contribution in [-0.4, -0.2) is 23.3 Å². The van der Waals surface area contributed by atoms with E-state index in [2.05, 4.69) is 0 Å². The molecule has 0 N–H and O–H groups in total. The number of nitrogens with zero attached hydrogens (tertiary/aromatic N) is 1. The van der Waals surface area contributed by atoms with Crippen LogP contribution >= 0.6 is 0 Å². The smallest absolute Gasteiger partial charge is 0.233 e. The van der Waals surface area contributed by atoms with Gasteiger partial charge in [-0.25, -0.2) is 0 Å². The predicted molar refractivity (Wildman–Crippen MR) is 89.9 cm³/mol. The molecule has 1 fully saturated rings. The highest BCUT2D eigenvalue weighted by Gasteiger charge is 2.37. The van der Waals surface area contributed by atoms with Crippen LogP contribution in [0.25, 0.3) is 0 Å². The van der Waals surface area contributed by atoms with Gasteiger partial charge in [0, 0.05) is 13.0 Å². The van der Waals surface area contributed by atoms with Crippen molar-refractivity contribution in [3.8, 4) is 0 Å². The van der Waals surface area contributed by atoms with Gasteiger partial charge in [-0.05, 0) is 30.9 Å². The molecular formula is C20H21NO2. The summed E-state index contributed by atoms with van der Waals surface area (Å²) in [5, 5.41) is 0. The number of carbonyl (C=O) groups excluding carboxylic acids is 2. The Hall–Kier alpha value is -2.42. The summed E-state index contributed by atoms with van der Waals surface area (Å²) in [4.78, 5) is 26.1. The van der Waals surface area contributed by atoms with E-state index in [9.17, 15) is 9.59 Å². The lowest BCUT2D eigenvalue weighted by molar-refractivity contribution is -0.139. The monoisotopic (exact) mass is 307 g/mol. The van der Waals surface area contributed by atoms with Gasteiger partial charge >= 0.3 is 0 Å². The Morgan fingerprint density at radius 2 is 1.65 bits per heavy atom. The number of hydrogen-bond donors (Lipinski definition) is 0. The highest BCUT2D eigenvalue weighted by atomic mass is 16.2. The Balaban J connectivity index is 1.61. The van der Waals surface area contributed by atoms with Gasteiger partial charge < -0.3 is 0 Å². The number of benzene rings is 2. The second-order valence-electron chi connectivity index (χ2n) is 6.21. The van der Waals surface area contributed by atoms with Crippen molar-refractivity contribution in [1.29, 1.82) is 0 Å². The Bertz CT molecular complexity index is 691. The number of amides is 2. The van der Waals surface area contributed by atoms with Crippen molar-refractivity contribution < 1.29 is 9.59 Å². The minimum Gasteiger partial charge on any atom is -0.282 e. The maximum absolute atomic E-state index is 12.5. The van der Waals surface area contributed by atoms with Crippen LogP contribution in [0, 0.1) is 12.8 Å². The molecule has 0 spiro atoms. The summed E-state index contributed by atoms with van der Waals surface area (Å²) >= 11 is 0. The van der Waals surface area contributed by atoms with Gasteiger partial charge in [0.05, 0.1) is 5.92 Å². The Morgan fingerprint density at radius 1 is 0.957 bits per heavy atom. The van der Waals surface area contributed by atoms with Crippen LogP contribution in [0.3, 0.4) is 0 Å². The van der Waals surface area contributed by atoms with E-state index in [-0.39, 0.29) is 17.7 Å². The lowest BCUT2D eigenvalue weighted by Crippen LogP contribution is -2.33. The van der Waals surface area contributed by atoms with Crippen molar-refractivity contribution in [2.75, 3.05) is 6.54 Å². The molecule has 3 heteroatoms. The molecule has 0 aromatic heterocycles. The van der Waals surface area contributed by atoms with Gasteiger partial charge in [-0.1, -0.05) is 60.2 Å². The van der Waals surface area contributed by atoms with Crippen LogP contribution < -0.4 is 0 Å². The molecule has 3 nitrogen and oxygen atoms in total. The van der Waals surface area contributed by atoms with Gasteiger partial charge in [-0.3, -0.25) is 14.5 Å². The van der Waals surface area contributed by atoms with Crippen LogP contribution in [0.5, 0.6) is 0 Å². The van der Waals surface area contributed by atoms with E-state index in [1.54, 1.807) is 0 Å². The normalized spacial score (nSPS) is 17.8. The number of carbonyl (C=O) groups is 2. The Morgan fingerprint density at radius 3 is 2.35 bits per heavy atom. The van der Waals surface area contributed by atoms with E-state index in [0.717, 1.165) is 17.5 Å². The van der Waals surface area contributed by atoms with Gasteiger partial charge in [0.25, 0.3) is 0 Å². The summed E-state index contributed by atoms with van der Waals surface area (Å²) in [5.41, 5.74) is 3.47. The topological polar surface area (TPSA) is 37.4 Å². The molecule has 0 bridgehead atoms. The van der Waals surface area contributed by atoms with Gasteiger partial charge in [0.2, 0.25) is 11.8 Å². The molecule has 1 saturated heterocycles. The number of imide groups is 1. The summed E-state index contributed by atoms with van der Waals surface area (Å²) in [6.07, 6.45) is 1.70. The molecule has 0 saturated carbocycles. The molecule has 0 radical (unpaired) electrons. The average molecular weight is 307 g/mol. The minimum atomic E-state index is -0.207. The number of hydrogen-bond acceptors (Lipinski definition) is 2. The fourth-order valence-electron chi connectivity index (χ4n) is 3.04. The molecule has 1 heterocycles. The van der Waals surface area contributed by atoms with Gasteiger partial charge in [0.1, 0.15) is 0 Å². The maximum Gasteiger partial charge on any atom is 0.233 e. The second-order valence-corrected chi connectivity index (χ2v) is 6.21. The van der Waals surface area contributed by atoms with Crippen molar-refractivity contribution in [3.05, 3.63) is 71.3 Å². The first-order valence-electron chi connectivity index (χ1n) is 8.07. The SMILES string of the molecule is Cc1ccc(C[C@@H]2CC(=O)N(CCc3ccccc3)C2=O)cc1. The highest BCUT2D eigenvalue weighted by Crippen LogP contribution is 2.24. The zero-order valence-corrected chi connectivity index (χ0v) is 13.4. The lowest BCUT2D eigenvalue weighted by atomic mass is 9.97. The third kappa shape index (κ3) is 3.67. The molecule has 2 aromatic rings. The van der Waals surface area contributed by atoms with E-state index in [0.29, 0.717) is 19.4 Å². The largest absolute Gasteiger partial charge is 0.282 e. The maximum atomic E-state index is 12.5. The van der Waals surface area contributed by atoms with Gasteiger partial charge in [-0.2, -0.15) is 0 Å². The van der Waals surface area contributed by atoms with Crippen LogP contribution in [0.1, 0.15) is 23.1 Å². The molecule has 1 aliphatic rings. The molecule has 1 aliphatic heterocycles. The summed E-state index contributed by atoms with van der Waals surface area (Å²) in [6, 6.07) is 18.1. The van der Waals surface area contributed by atoms with Crippen LogP contribution in [0.15, 0.2) is 54.6 Å². The summed E-state index contributed by atoms with van der Waals surface area (Å²) in [6.45, 7) is 2.52. The third-order valence-corrected chi connectivity index (χ3v) is 4.41. The van der Waals surface area contributed by atoms with Crippen LogP contribution in [0.2, 0.25) is 0 Å². The molecular weight excluding hydrogens is 286 g/mol. The molecule has 1 atom stereocenters. The van der Waals surface area contributed by atoms with Crippen molar-refractivity contribution in [1.82, 2.24) is 4.90 Å². The second kappa shape index (κ2) is 6.78. The zero-order valence-electron chi connectivity index (χ0n) is 13.4. The first-order chi connectivity index (χ1) is 11.1. The number of aryl methyl sites for hydroxylation is 1. The molecule has 3 rings (SSSR count). The van der Waals surface area contributed by atoms with Crippen LogP contribution in [-0.2, 0) is 22.4 Å². The predicted octanol–water partition coefficient (Wildman–Crippen LogP) is 3.16. The highest BCUT2D eigenvalue weighted by molar-refractivity contribution is 6.03. The average Bonchev–Trinajstić information content (AvgIpc) is 2.82. The Labute approximate surface area is 136 Å². The quantitative estimate of drug-likeness (QED) is 0.796. The molecule has 2 aromatic carbocycles. The fraction of sp³-hybridized carbons (Fsp3) is 0.300. The summed E-state index contributed by atoms with van der Waals surface area (Å²) < 4.78 is 0. The molecule has 0 unspecified atom stereocenters. The van der Waals surface area contributed by atoms with E-state index in [1.807, 2.05) is 61.5 Å².